The first-order valence-corrected chi connectivity index (χ1v) is 11.0. The van der Waals surface area contributed by atoms with E-state index < -0.39 is 0 Å². The lowest BCUT2D eigenvalue weighted by Gasteiger charge is -2.65. The largest absolute Gasteiger partial charge is 0.463 e. The molecule has 0 aromatic carbocycles. The minimum atomic E-state index is -0.147. The monoisotopic (exact) mass is 392 g/mol. The van der Waals surface area contributed by atoms with Crippen LogP contribution in [0, 0.1) is 34.0 Å². The third kappa shape index (κ3) is 2.67. The van der Waals surface area contributed by atoms with E-state index in [0.717, 1.165) is 49.0 Å². The molecule has 0 spiro atoms. The Morgan fingerprint density at radius 2 is 1.78 bits per heavy atom. The molecular weight excluding hydrogens is 360 g/mol. The van der Waals surface area contributed by atoms with Crippen molar-refractivity contribution in [3.05, 3.63) is 10.6 Å². The SMILES string of the molecule is CC(=O)O[C@H]1CC[C@@]2(C)[C@@H](CC[C@]3(C)[C@@H]2CC[C@]2(C)C(Cl)=C(C=O)C[C@@H]32)C1. The van der Waals surface area contributed by atoms with Crippen molar-refractivity contribution in [1.29, 1.82) is 0 Å². The molecule has 0 bridgehead atoms. The predicted molar refractivity (Wildman–Crippen MR) is 106 cm³/mol. The summed E-state index contributed by atoms with van der Waals surface area (Å²) in [5.74, 6) is 1.62. The molecule has 0 radical (unpaired) electrons. The maximum atomic E-state index is 11.6. The maximum absolute atomic E-state index is 11.6. The molecule has 3 saturated carbocycles. The zero-order valence-corrected chi connectivity index (χ0v) is 17.9. The van der Waals surface area contributed by atoms with Crippen LogP contribution in [0.2, 0.25) is 0 Å². The fourth-order valence-electron chi connectivity index (χ4n) is 7.96. The third-order valence-electron chi connectivity index (χ3n) is 9.31. The summed E-state index contributed by atoms with van der Waals surface area (Å²) >= 11 is 6.73. The average Bonchev–Trinajstić information content (AvgIpc) is 2.87. The Hall–Kier alpha value is -0.830. The number of esters is 1. The summed E-state index contributed by atoms with van der Waals surface area (Å²) in [5.41, 5.74) is 1.36. The average molecular weight is 393 g/mol. The van der Waals surface area contributed by atoms with Gasteiger partial charge in [-0.2, -0.15) is 0 Å². The molecule has 0 aromatic heterocycles. The van der Waals surface area contributed by atoms with Crippen LogP contribution in [0.15, 0.2) is 10.6 Å². The number of carbonyl (C=O) groups excluding carboxylic acids is 2. The van der Waals surface area contributed by atoms with E-state index in [2.05, 4.69) is 20.8 Å². The molecular formula is C23H33ClO3. The second-order valence-electron chi connectivity index (χ2n) is 10.5. The van der Waals surface area contributed by atoms with Gasteiger partial charge in [0.25, 0.3) is 0 Å². The number of carbonyl (C=O) groups is 2. The van der Waals surface area contributed by atoms with Crippen LogP contribution in [0.5, 0.6) is 0 Å². The minimum absolute atomic E-state index is 0.0266. The summed E-state index contributed by atoms with van der Waals surface area (Å²) in [6.45, 7) is 8.80. The lowest BCUT2D eigenvalue weighted by molar-refractivity contribution is -0.176. The van der Waals surface area contributed by atoms with Crippen molar-refractivity contribution in [3.63, 3.8) is 0 Å². The lowest BCUT2D eigenvalue weighted by atomic mass is 9.40. The molecule has 4 rings (SSSR count). The molecule has 27 heavy (non-hydrogen) atoms. The Morgan fingerprint density at radius 3 is 2.44 bits per heavy atom. The van der Waals surface area contributed by atoms with Gasteiger partial charge in [0.05, 0.1) is 0 Å². The first kappa shape index (κ1) is 19.5. The van der Waals surface area contributed by atoms with Gasteiger partial charge in [0.1, 0.15) is 12.4 Å². The van der Waals surface area contributed by atoms with Gasteiger partial charge in [0, 0.05) is 22.9 Å². The molecule has 3 nitrogen and oxygen atoms in total. The fourth-order valence-corrected chi connectivity index (χ4v) is 8.31. The van der Waals surface area contributed by atoms with Gasteiger partial charge in [0.2, 0.25) is 0 Å². The number of hydrogen-bond donors (Lipinski definition) is 0. The van der Waals surface area contributed by atoms with Crippen LogP contribution in [0.25, 0.3) is 0 Å². The number of halogens is 1. The number of aldehydes is 1. The summed E-state index contributed by atoms with van der Waals surface area (Å²) in [4.78, 5) is 23.0. The van der Waals surface area contributed by atoms with Crippen LogP contribution < -0.4 is 0 Å². The maximum Gasteiger partial charge on any atom is 0.302 e. The Bertz CT molecular complexity index is 700. The first-order valence-electron chi connectivity index (χ1n) is 10.7. The molecule has 4 aliphatic rings. The highest BCUT2D eigenvalue weighted by molar-refractivity contribution is 6.32. The van der Waals surface area contributed by atoms with E-state index in [1.807, 2.05) is 0 Å². The number of rotatable bonds is 2. The quantitative estimate of drug-likeness (QED) is 0.450. The molecule has 3 fully saturated rings. The summed E-state index contributed by atoms with van der Waals surface area (Å²) in [6.07, 6.45) is 9.77. The number of fused-ring (bicyclic) bond motifs is 5. The molecule has 7 atom stereocenters. The normalized spacial score (nSPS) is 49.1. The molecule has 150 valence electrons. The summed E-state index contributed by atoms with van der Waals surface area (Å²) < 4.78 is 5.57. The van der Waals surface area contributed by atoms with Gasteiger partial charge in [-0.05, 0) is 80.0 Å². The zero-order valence-electron chi connectivity index (χ0n) is 17.1. The van der Waals surface area contributed by atoms with E-state index in [-0.39, 0.29) is 22.9 Å². The van der Waals surface area contributed by atoms with Crippen LogP contribution in [-0.4, -0.2) is 18.4 Å². The van der Waals surface area contributed by atoms with E-state index in [1.54, 1.807) is 0 Å². The Balaban J connectivity index is 1.62. The lowest BCUT2D eigenvalue weighted by Crippen LogP contribution is -2.58. The van der Waals surface area contributed by atoms with Gasteiger partial charge < -0.3 is 4.74 Å². The second kappa shape index (κ2) is 6.34. The fraction of sp³-hybridized carbons (Fsp3) is 0.826. The molecule has 0 aromatic rings. The number of allylic oxidation sites excluding steroid dienone is 2. The van der Waals surface area contributed by atoms with Crippen molar-refractivity contribution in [2.45, 2.75) is 85.2 Å². The van der Waals surface area contributed by atoms with Crippen molar-refractivity contribution < 1.29 is 14.3 Å². The number of ether oxygens (including phenoxy) is 1. The van der Waals surface area contributed by atoms with E-state index in [0.29, 0.717) is 23.2 Å². The minimum Gasteiger partial charge on any atom is -0.463 e. The van der Waals surface area contributed by atoms with Crippen molar-refractivity contribution in [1.82, 2.24) is 0 Å². The van der Waals surface area contributed by atoms with Gasteiger partial charge >= 0.3 is 5.97 Å². The molecule has 0 saturated heterocycles. The standard InChI is InChI=1S/C23H33ClO3/c1-14(26)27-17-6-9-21(2)16(12-17)5-8-22(3)18(21)7-10-23(4)19(22)11-15(13-25)20(23)24/h13,16-19H,5-12H2,1-4H3/t16-,17-,18+,19-,21-,22+,23-/m0/s1. The van der Waals surface area contributed by atoms with Crippen LogP contribution in [0.3, 0.4) is 0 Å². The van der Waals surface area contributed by atoms with Crippen molar-refractivity contribution >= 4 is 23.9 Å². The first-order chi connectivity index (χ1) is 12.6. The Morgan fingerprint density at radius 1 is 1.07 bits per heavy atom. The van der Waals surface area contributed by atoms with Crippen LogP contribution >= 0.6 is 11.6 Å². The zero-order chi connectivity index (χ0) is 19.6. The van der Waals surface area contributed by atoms with E-state index in [1.165, 1.54) is 26.2 Å². The molecule has 0 aliphatic heterocycles. The molecule has 0 unspecified atom stereocenters. The molecule has 0 amide bonds. The van der Waals surface area contributed by atoms with E-state index in [4.69, 9.17) is 16.3 Å². The van der Waals surface area contributed by atoms with Gasteiger partial charge in [-0.15, -0.1) is 0 Å². The summed E-state index contributed by atoms with van der Waals surface area (Å²) in [7, 11) is 0. The Kier molecular flexibility index (Phi) is 4.57. The van der Waals surface area contributed by atoms with Crippen LogP contribution in [0.1, 0.15) is 79.1 Å². The molecule has 4 aliphatic carbocycles. The second-order valence-corrected chi connectivity index (χ2v) is 10.9. The molecule has 0 heterocycles. The summed E-state index contributed by atoms with van der Waals surface area (Å²) in [6, 6.07) is 0. The van der Waals surface area contributed by atoms with Crippen LogP contribution in [0.4, 0.5) is 0 Å². The van der Waals surface area contributed by atoms with Crippen molar-refractivity contribution in [3.8, 4) is 0 Å². The van der Waals surface area contributed by atoms with Crippen LogP contribution in [-0.2, 0) is 14.3 Å². The van der Waals surface area contributed by atoms with E-state index in [9.17, 15) is 9.59 Å². The predicted octanol–water partition coefficient (Wildman–Crippen LogP) is 5.65. The highest BCUT2D eigenvalue weighted by Crippen LogP contribution is 2.72. The highest BCUT2D eigenvalue weighted by Gasteiger charge is 2.64. The van der Waals surface area contributed by atoms with E-state index >= 15 is 0 Å². The van der Waals surface area contributed by atoms with Gasteiger partial charge in [-0.1, -0.05) is 32.4 Å². The summed E-state index contributed by atoms with van der Waals surface area (Å²) in [5, 5.41) is 0.841. The van der Waals surface area contributed by atoms with Gasteiger partial charge in [0.15, 0.2) is 0 Å². The Labute approximate surface area is 168 Å². The number of hydrogen-bond acceptors (Lipinski definition) is 3. The van der Waals surface area contributed by atoms with Gasteiger partial charge in [-0.25, -0.2) is 0 Å². The third-order valence-corrected chi connectivity index (χ3v) is 9.98. The molecule has 0 N–H and O–H groups in total. The molecule has 4 heteroatoms. The van der Waals surface area contributed by atoms with Crippen molar-refractivity contribution in [2.24, 2.45) is 34.0 Å². The van der Waals surface area contributed by atoms with Crippen molar-refractivity contribution in [2.75, 3.05) is 0 Å². The van der Waals surface area contributed by atoms with Gasteiger partial charge in [-0.3, -0.25) is 9.59 Å². The highest BCUT2D eigenvalue weighted by atomic mass is 35.5. The topological polar surface area (TPSA) is 43.4 Å². The smallest absolute Gasteiger partial charge is 0.302 e.